The molecule has 0 spiro atoms. The Bertz CT molecular complexity index is 863. The quantitative estimate of drug-likeness (QED) is 0.730. The number of nitrogens with one attached hydrogen (secondary N) is 1. The van der Waals surface area contributed by atoms with Crippen LogP contribution in [0.15, 0.2) is 48.5 Å². The number of benzene rings is 2. The Labute approximate surface area is 162 Å². The Morgan fingerprint density at radius 1 is 1.11 bits per heavy atom. The zero-order valence-corrected chi connectivity index (χ0v) is 15.4. The SMILES string of the molecule is O=C(O)COc1cccc(C(=O)NCc2ccc(CN3CCCC3=O)cc2)c1. The predicted molar refractivity (Wildman–Crippen MR) is 102 cm³/mol. The van der Waals surface area contributed by atoms with Crippen LogP contribution in [0.1, 0.15) is 34.3 Å². The summed E-state index contributed by atoms with van der Waals surface area (Å²) in [5.74, 6) is -0.818. The van der Waals surface area contributed by atoms with E-state index in [4.69, 9.17) is 9.84 Å². The summed E-state index contributed by atoms with van der Waals surface area (Å²) in [5, 5.41) is 11.5. The second kappa shape index (κ2) is 9.03. The molecule has 1 fully saturated rings. The summed E-state index contributed by atoms with van der Waals surface area (Å²) in [6.07, 6.45) is 1.55. The van der Waals surface area contributed by atoms with Crippen molar-refractivity contribution in [3.05, 3.63) is 65.2 Å². The Kier molecular flexibility index (Phi) is 6.26. The first kappa shape index (κ1) is 19.4. The number of amides is 2. The van der Waals surface area contributed by atoms with E-state index in [0.29, 0.717) is 30.8 Å². The zero-order chi connectivity index (χ0) is 19.9. The molecule has 28 heavy (non-hydrogen) atoms. The normalized spacial score (nSPS) is 13.4. The van der Waals surface area contributed by atoms with Gasteiger partial charge in [0, 0.05) is 31.6 Å². The number of hydrogen-bond acceptors (Lipinski definition) is 4. The van der Waals surface area contributed by atoms with Crippen molar-refractivity contribution in [2.45, 2.75) is 25.9 Å². The minimum atomic E-state index is -1.08. The highest BCUT2D eigenvalue weighted by molar-refractivity contribution is 5.94. The summed E-state index contributed by atoms with van der Waals surface area (Å²) in [6.45, 7) is 1.34. The molecule has 146 valence electrons. The lowest BCUT2D eigenvalue weighted by atomic mass is 10.1. The zero-order valence-electron chi connectivity index (χ0n) is 15.4. The molecule has 2 N–H and O–H groups in total. The van der Waals surface area contributed by atoms with Crippen LogP contribution in [0.25, 0.3) is 0 Å². The van der Waals surface area contributed by atoms with Crippen molar-refractivity contribution in [1.82, 2.24) is 10.2 Å². The van der Waals surface area contributed by atoms with Gasteiger partial charge in [-0.05, 0) is 35.7 Å². The lowest BCUT2D eigenvalue weighted by Crippen LogP contribution is -2.24. The van der Waals surface area contributed by atoms with E-state index in [-0.39, 0.29) is 11.8 Å². The van der Waals surface area contributed by atoms with Crippen molar-refractivity contribution in [3.63, 3.8) is 0 Å². The second-order valence-electron chi connectivity index (χ2n) is 6.63. The molecule has 1 saturated heterocycles. The van der Waals surface area contributed by atoms with E-state index in [1.165, 1.54) is 6.07 Å². The largest absolute Gasteiger partial charge is 0.482 e. The average molecular weight is 382 g/mol. The minimum Gasteiger partial charge on any atom is -0.482 e. The molecule has 0 aliphatic carbocycles. The fourth-order valence-electron chi connectivity index (χ4n) is 3.01. The first-order valence-corrected chi connectivity index (χ1v) is 9.10. The van der Waals surface area contributed by atoms with Gasteiger partial charge in [-0.3, -0.25) is 9.59 Å². The molecule has 0 saturated carbocycles. The average Bonchev–Trinajstić information content (AvgIpc) is 3.10. The second-order valence-corrected chi connectivity index (χ2v) is 6.63. The summed E-state index contributed by atoms with van der Waals surface area (Å²) >= 11 is 0. The topological polar surface area (TPSA) is 95.9 Å². The highest BCUT2D eigenvalue weighted by Crippen LogP contribution is 2.16. The smallest absolute Gasteiger partial charge is 0.341 e. The van der Waals surface area contributed by atoms with E-state index in [1.54, 1.807) is 18.2 Å². The van der Waals surface area contributed by atoms with Gasteiger partial charge in [-0.2, -0.15) is 0 Å². The number of rotatable bonds is 8. The van der Waals surface area contributed by atoms with Crippen molar-refractivity contribution < 1.29 is 24.2 Å². The number of ether oxygens (including phenoxy) is 1. The molecule has 0 aromatic heterocycles. The molecule has 0 bridgehead atoms. The minimum absolute atomic E-state index is 0.200. The highest BCUT2D eigenvalue weighted by atomic mass is 16.5. The molecule has 7 heteroatoms. The van der Waals surface area contributed by atoms with Gasteiger partial charge in [0.25, 0.3) is 5.91 Å². The van der Waals surface area contributed by atoms with E-state index in [2.05, 4.69) is 5.32 Å². The molecule has 3 rings (SSSR count). The van der Waals surface area contributed by atoms with Crippen molar-refractivity contribution in [3.8, 4) is 5.75 Å². The Morgan fingerprint density at radius 2 is 1.86 bits per heavy atom. The van der Waals surface area contributed by atoms with E-state index >= 15 is 0 Å². The molecule has 1 aliphatic rings. The van der Waals surface area contributed by atoms with Crippen molar-refractivity contribution >= 4 is 17.8 Å². The maximum absolute atomic E-state index is 12.3. The van der Waals surface area contributed by atoms with Gasteiger partial charge in [-0.25, -0.2) is 4.79 Å². The molecule has 0 radical (unpaired) electrons. The number of nitrogens with zero attached hydrogens (tertiary/aromatic N) is 1. The number of carboxylic acids is 1. The van der Waals surface area contributed by atoms with Crippen LogP contribution in [-0.2, 0) is 22.7 Å². The van der Waals surface area contributed by atoms with E-state index in [0.717, 1.165) is 24.1 Å². The first-order chi connectivity index (χ1) is 13.5. The lowest BCUT2D eigenvalue weighted by Gasteiger charge is -2.15. The van der Waals surface area contributed by atoms with Gasteiger partial charge in [-0.1, -0.05) is 30.3 Å². The molecule has 1 aliphatic heterocycles. The van der Waals surface area contributed by atoms with Crippen molar-refractivity contribution in [1.29, 1.82) is 0 Å². The molecule has 2 aromatic rings. The van der Waals surface area contributed by atoms with Crippen LogP contribution in [0.4, 0.5) is 0 Å². The van der Waals surface area contributed by atoms with Crippen LogP contribution in [0, 0.1) is 0 Å². The van der Waals surface area contributed by atoms with Crippen LogP contribution < -0.4 is 10.1 Å². The van der Waals surface area contributed by atoms with Crippen LogP contribution in [0.2, 0.25) is 0 Å². The van der Waals surface area contributed by atoms with Crippen LogP contribution in [-0.4, -0.2) is 40.9 Å². The highest BCUT2D eigenvalue weighted by Gasteiger charge is 2.19. The van der Waals surface area contributed by atoms with Crippen LogP contribution in [0.5, 0.6) is 5.75 Å². The fourth-order valence-corrected chi connectivity index (χ4v) is 3.01. The van der Waals surface area contributed by atoms with Gasteiger partial charge in [-0.15, -0.1) is 0 Å². The van der Waals surface area contributed by atoms with Gasteiger partial charge in [0.15, 0.2) is 6.61 Å². The molecular formula is C21H22N2O5. The van der Waals surface area contributed by atoms with Crippen molar-refractivity contribution in [2.75, 3.05) is 13.2 Å². The third-order valence-electron chi connectivity index (χ3n) is 4.48. The first-order valence-electron chi connectivity index (χ1n) is 9.10. The molecule has 2 aromatic carbocycles. The van der Waals surface area contributed by atoms with Gasteiger partial charge in [0.05, 0.1) is 0 Å². The van der Waals surface area contributed by atoms with E-state index < -0.39 is 12.6 Å². The predicted octanol–water partition coefficient (Wildman–Crippen LogP) is 2.20. The molecule has 1 heterocycles. The van der Waals surface area contributed by atoms with Gasteiger partial charge in [0.2, 0.25) is 5.91 Å². The van der Waals surface area contributed by atoms with E-state index in [1.807, 2.05) is 29.2 Å². The third kappa shape index (κ3) is 5.33. The number of carboxylic acid groups (broad SMARTS) is 1. The standard InChI is InChI=1S/C21H22N2O5/c24-19-5-2-10-23(19)13-16-8-6-15(7-9-16)12-22-21(27)17-3-1-4-18(11-17)28-14-20(25)26/h1,3-4,6-9,11H,2,5,10,12-14H2,(H,22,27)(H,25,26). The maximum Gasteiger partial charge on any atom is 0.341 e. The fraction of sp³-hybridized carbons (Fsp3) is 0.286. The Hall–Kier alpha value is -3.35. The number of carbonyl (C=O) groups is 3. The maximum atomic E-state index is 12.3. The summed E-state index contributed by atoms with van der Waals surface area (Å²) in [6, 6.07) is 14.2. The molecule has 2 amide bonds. The van der Waals surface area contributed by atoms with Gasteiger partial charge >= 0.3 is 5.97 Å². The van der Waals surface area contributed by atoms with Crippen LogP contribution >= 0.6 is 0 Å². The van der Waals surface area contributed by atoms with E-state index in [9.17, 15) is 14.4 Å². The summed E-state index contributed by atoms with van der Waals surface area (Å²) in [4.78, 5) is 36.4. The Balaban J connectivity index is 1.52. The summed E-state index contributed by atoms with van der Waals surface area (Å²) in [7, 11) is 0. The Morgan fingerprint density at radius 3 is 2.54 bits per heavy atom. The molecule has 7 nitrogen and oxygen atoms in total. The van der Waals surface area contributed by atoms with Crippen molar-refractivity contribution in [2.24, 2.45) is 0 Å². The van der Waals surface area contributed by atoms with Gasteiger partial charge < -0.3 is 20.1 Å². The number of hydrogen-bond donors (Lipinski definition) is 2. The lowest BCUT2D eigenvalue weighted by molar-refractivity contribution is -0.139. The third-order valence-corrected chi connectivity index (χ3v) is 4.48. The number of aliphatic carboxylic acids is 1. The monoisotopic (exact) mass is 382 g/mol. The molecule has 0 unspecified atom stereocenters. The summed E-state index contributed by atoms with van der Waals surface area (Å²) < 4.78 is 5.09. The summed E-state index contributed by atoms with van der Waals surface area (Å²) in [5.41, 5.74) is 2.41. The van der Waals surface area contributed by atoms with Crippen LogP contribution in [0.3, 0.4) is 0 Å². The number of carbonyl (C=O) groups excluding carboxylic acids is 2. The number of likely N-dealkylation sites (tertiary alicyclic amines) is 1. The molecular weight excluding hydrogens is 360 g/mol. The molecule has 0 atom stereocenters. The van der Waals surface area contributed by atoms with Gasteiger partial charge in [0.1, 0.15) is 5.75 Å².